The van der Waals surface area contributed by atoms with Crippen LogP contribution in [0, 0.1) is 0 Å². The highest BCUT2D eigenvalue weighted by molar-refractivity contribution is 9.10. The monoisotopic (exact) mass is 550 g/mol. The molecule has 172 valence electrons. The number of hydrogen-bond donors (Lipinski definition) is 1. The highest BCUT2D eigenvalue weighted by Gasteiger charge is 2.36. The van der Waals surface area contributed by atoms with Crippen molar-refractivity contribution in [3.05, 3.63) is 68.5 Å². The van der Waals surface area contributed by atoms with Gasteiger partial charge >= 0.3 is 0 Å². The molecule has 0 spiro atoms. The summed E-state index contributed by atoms with van der Waals surface area (Å²) in [6, 6.07) is 8.45. The molecule has 10 heteroatoms. The fourth-order valence-corrected chi connectivity index (χ4v) is 4.43. The van der Waals surface area contributed by atoms with Crippen LogP contribution in [0.3, 0.4) is 0 Å². The van der Waals surface area contributed by atoms with Crippen molar-refractivity contribution < 1.29 is 23.9 Å². The molecule has 0 aromatic heterocycles. The van der Waals surface area contributed by atoms with Crippen LogP contribution in [0.25, 0.3) is 6.08 Å². The molecule has 0 bridgehead atoms. The number of allylic oxidation sites excluding steroid dienone is 1. The van der Waals surface area contributed by atoms with Gasteiger partial charge in [0.2, 0.25) is 5.91 Å². The first-order chi connectivity index (χ1) is 15.8. The molecule has 0 atom stereocenters. The fourth-order valence-electron chi connectivity index (χ4n) is 3.16. The van der Waals surface area contributed by atoms with Crippen molar-refractivity contribution in [1.82, 2.24) is 4.90 Å². The molecule has 1 heterocycles. The summed E-state index contributed by atoms with van der Waals surface area (Å²) in [6.45, 7) is 3.34. The normalized spacial score (nSPS) is 14.5. The van der Waals surface area contributed by atoms with Gasteiger partial charge in [0.25, 0.3) is 11.1 Å². The molecule has 3 rings (SSSR count). The quantitative estimate of drug-likeness (QED) is 0.343. The number of carbonyl (C=O) groups is 3. The zero-order chi connectivity index (χ0) is 24.1. The maximum absolute atomic E-state index is 12.8. The molecule has 1 fully saturated rings. The zero-order valence-electron chi connectivity index (χ0n) is 17.8. The van der Waals surface area contributed by atoms with Crippen molar-refractivity contribution in [3.63, 3.8) is 0 Å². The number of nitrogens with one attached hydrogen (secondary N) is 1. The summed E-state index contributed by atoms with van der Waals surface area (Å²) in [7, 11) is 3.06. The minimum Gasteiger partial charge on any atom is -0.493 e. The Morgan fingerprint density at radius 1 is 1.24 bits per heavy atom. The lowest BCUT2D eigenvalue weighted by Gasteiger charge is -2.14. The Morgan fingerprint density at radius 3 is 2.64 bits per heavy atom. The predicted molar refractivity (Wildman–Crippen MR) is 134 cm³/mol. The second-order valence-corrected chi connectivity index (χ2v) is 9.11. The predicted octanol–water partition coefficient (Wildman–Crippen LogP) is 5.52. The molecule has 33 heavy (non-hydrogen) atoms. The molecule has 1 N–H and O–H groups in total. The van der Waals surface area contributed by atoms with E-state index in [1.807, 2.05) is 6.07 Å². The SMILES string of the molecule is C=CCc1cc(/C=C2\SC(=O)N(CC(=O)Nc3ccc(Br)c(Cl)c3)C2=O)cc(OC)c1OC. The number of carbonyl (C=O) groups excluding carboxylic acids is 3. The average Bonchev–Trinajstić information content (AvgIpc) is 3.03. The molecule has 1 aliphatic heterocycles. The Kier molecular flexibility index (Phi) is 8.23. The number of halogens is 2. The molecule has 0 aliphatic carbocycles. The van der Waals surface area contributed by atoms with Gasteiger partial charge in [0, 0.05) is 15.7 Å². The third-order valence-electron chi connectivity index (χ3n) is 4.62. The zero-order valence-corrected chi connectivity index (χ0v) is 21.0. The number of nitrogens with zero attached hydrogens (tertiary/aromatic N) is 1. The van der Waals surface area contributed by atoms with E-state index in [9.17, 15) is 14.4 Å². The van der Waals surface area contributed by atoms with Crippen LogP contribution in [0.15, 0.2) is 52.4 Å². The molecule has 3 amide bonds. The first-order valence-corrected chi connectivity index (χ1v) is 11.6. The van der Waals surface area contributed by atoms with Crippen LogP contribution in [0.5, 0.6) is 11.5 Å². The summed E-state index contributed by atoms with van der Waals surface area (Å²) in [5.41, 5.74) is 1.93. The van der Waals surface area contributed by atoms with Crippen molar-refractivity contribution in [2.75, 3.05) is 26.1 Å². The van der Waals surface area contributed by atoms with Crippen LogP contribution in [0.4, 0.5) is 10.5 Å². The van der Waals surface area contributed by atoms with E-state index in [0.717, 1.165) is 22.2 Å². The highest BCUT2D eigenvalue weighted by atomic mass is 79.9. The third kappa shape index (κ3) is 5.79. The van der Waals surface area contributed by atoms with E-state index >= 15 is 0 Å². The number of anilines is 1. The number of ether oxygens (including phenoxy) is 2. The number of methoxy groups -OCH3 is 2. The Morgan fingerprint density at radius 2 is 2.00 bits per heavy atom. The van der Waals surface area contributed by atoms with Crippen LogP contribution in [-0.4, -0.2) is 42.7 Å². The van der Waals surface area contributed by atoms with Crippen molar-refractivity contribution in [2.45, 2.75) is 6.42 Å². The molecule has 1 aliphatic rings. The smallest absolute Gasteiger partial charge is 0.294 e. The molecule has 1 saturated heterocycles. The summed E-state index contributed by atoms with van der Waals surface area (Å²) in [4.78, 5) is 38.8. The lowest BCUT2D eigenvalue weighted by Crippen LogP contribution is -2.36. The van der Waals surface area contributed by atoms with Crippen LogP contribution < -0.4 is 14.8 Å². The van der Waals surface area contributed by atoms with E-state index in [1.54, 1.807) is 43.5 Å². The fraction of sp³-hybridized carbons (Fsp3) is 0.174. The molecule has 0 saturated carbocycles. The van der Waals surface area contributed by atoms with Gasteiger partial charge in [-0.05, 0) is 76.1 Å². The lowest BCUT2D eigenvalue weighted by molar-refractivity contribution is -0.127. The molecule has 0 unspecified atom stereocenters. The molecular formula is C23H20BrClN2O5S. The molecule has 0 radical (unpaired) electrons. The van der Waals surface area contributed by atoms with E-state index in [1.165, 1.54) is 7.11 Å². The van der Waals surface area contributed by atoms with E-state index < -0.39 is 23.6 Å². The van der Waals surface area contributed by atoms with Crippen molar-refractivity contribution >= 4 is 68.1 Å². The van der Waals surface area contributed by atoms with E-state index in [4.69, 9.17) is 21.1 Å². The third-order valence-corrected chi connectivity index (χ3v) is 6.76. The van der Waals surface area contributed by atoms with E-state index in [-0.39, 0.29) is 4.91 Å². The van der Waals surface area contributed by atoms with Gasteiger partial charge in [-0.2, -0.15) is 0 Å². The van der Waals surface area contributed by atoms with Crippen molar-refractivity contribution in [1.29, 1.82) is 0 Å². The van der Waals surface area contributed by atoms with Gasteiger partial charge in [-0.1, -0.05) is 17.7 Å². The Balaban J connectivity index is 1.79. The van der Waals surface area contributed by atoms with Crippen LogP contribution in [-0.2, 0) is 16.0 Å². The van der Waals surface area contributed by atoms with Gasteiger partial charge < -0.3 is 14.8 Å². The maximum Gasteiger partial charge on any atom is 0.294 e. The highest BCUT2D eigenvalue weighted by Crippen LogP contribution is 2.37. The van der Waals surface area contributed by atoms with Gasteiger partial charge in [0.15, 0.2) is 11.5 Å². The van der Waals surface area contributed by atoms with Gasteiger partial charge in [-0.3, -0.25) is 19.3 Å². The molecule has 2 aromatic rings. The minimum absolute atomic E-state index is 0.205. The molecular weight excluding hydrogens is 532 g/mol. The van der Waals surface area contributed by atoms with Crippen LogP contribution in [0.1, 0.15) is 11.1 Å². The number of amides is 3. The van der Waals surface area contributed by atoms with Gasteiger partial charge in [0.1, 0.15) is 6.54 Å². The average molecular weight is 552 g/mol. The number of benzene rings is 2. The summed E-state index contributed by atoms with van der Waals surface area (Å²) >= 11 is 10.1. The summed E-state index contributed by atoms with van der Waals surface area (Å²) < 4.78 is 11.5. The number of thioether (sulfide) groups is 1. The summed E-state index contributed by atoms with van der Waals surface area (Å²) in [6.07, 6.45) is 3.85. The van der Waals surface area contributed by atoms with E-state index in [2.05, 4.69) is 27.8 Å². The second-order valence-electron chi connectivity index (χ2n) is 6.85. The summed E-state index contributed by atoms with van der Waals surface area (Å²) in [5.74, 6) is 0.00704. The number of imide groups is 1. The van der Waals surface area contributed by atoms with Crippen LogP contribution >= 0.6 is 39.3 Å². The standard InChI is InChI=1S/C23H20BrClN2O5S/c1-4-5-14-8-13(9-18(31-2)21(14)32-3)10-19-22(29)27(23(30)33-19)12-20(28)26-15-6-7-16(24)17(25)11-15/h4,6-11H,1,5,12H2,2-3H3,(H,26,28)/b19-10-. The largest absolute Gasteiger partial charge is 0.493 e. The van der Waals surface area contributed by atoms with Gasteiger partial charge in [0.05, 0.1) is 24.1 Å². The Hall–Kier alpha value is -2.75. The van der Waals surface area contributed by atoms with Crippen molar-refractivity contribution in [3.8, 4) is 11.5 Å². The minimum atomic E-state index is -0.547. The topological polar surface area (TPSA) is 84.9 Å². The number of rotatable bonds is 8. The second kappa shape index (κ2) is 10.9. The Labute approximate surface area is 208 Å². The first-order valence-electron chi connectivity index (χ1n) is 9.63. The van der Waals surface area contributed by atoms with Gasteiger partial charge in [-0.25, -0.2) is 0 Å². The number of hydrogen-bond acceptors (Lipinski definition) is 6. The van der Waals surface area contributed by atoms with E-state index in [0.29, 0.717) is 38.7 Å². The van der Waals surface area contributed by atoms with Crippen LogP contribution in [0.2, 0.25) is 5.02 Å². The Bertz CT molecular complexity index is 1170. The van der Waals surface area contributed by atoms with Gasteiger partial charge in [-0.15, -0.1) is 6.58 Å². The maximum atomic E-state index is 12.8. The molecule has 7 nitrogen and oxygen atoms in total. The summed E-state index contributed by atoms with van der Waals surface area (Å²) in [5, 5.41) is 2.53. The first kappa shape index (κ1) is 24.9. The van der Waals surface area contributed by atoms with Crippen molar-refractivity contribution in [2.24, 2.45) is 0 Å². The lowest BCUT2D eigenvalue weighted by atomic mass is 10.0. The molecule has 2 aromatic carbocycles.